The lowest BCUT2D eigenvalue weighted by Crippen LogP contribution is -2.47. The van der Waals surface area contributed by atoms with Crippen molar-refractivity contribution < 1.29 is 24.4 Å². The summed E-state index contributed by atoms with van der Waals surface area (Å²) in [6.45, 7) is 7.34. The van der Waals surface area contributed by atoms with Crippen molar-refractivity contribution in [1.82, 2.24) is 0 Å². The molecule has 0 spiro atoms. The summed E-state index contributed by atoms with van der Waals surface area (Å²) < 4.78 is 16.3. The molecule has 0 aliphatic heterocycles. The van der Waals surface area contributed by atoms with Crippen molar-refractivity contribution in [3.05, 3.63) is 0 Å². The summed E-state index contributed by atoms with van der Waals surface area (Å²) in [7, 11) is 1.36. The molecule has 0 amide bonds. The molecule has 20 heavy (non-hydrogen) atoms. The first-order valence-electron chi connectivity index (χ1n) is 7.74. The summed E-state index contributed by atoms with van der Waals surface area (Å²) in [4.78, 5) is 0. The van der Waals surface area contributed by atoms with Gasteiger partial charge in [-0.1, -0.05) is 33.6 Å². The number of aliphatic hydroxyl groups is 2. The van der Waals surface area contributed by atoms with E-state index in [-0.39, 0.29) is 6.10 Å². The van der Waals surface area contributed by atoms with Gasteiger partial charge in [0.15, 0.2) is 6.29 Å². The van der Waals surface area contributed by atoms with Crippen LogP contribution in [0.25, 0.3) is 0 Å². The molecular formula is C15H32O5. The van der Waals surface area contributed by atoms with Crippen LogP contribution >= 0.6 is 0 Å². The zero-order valence-corrected chi connectivity index (χ0v) is 13.4. The normalized spacial score (nSPS) is 17.7. The summed E-state index contributed by atoms with van der Waals surface area (Å²) in [6, 6.07) is 0. The molecule has 0 aliphatic rings. The van der Waals surface area contributed by atoms with E-state index in [1.54, 1.807) is 0 Å². The summed E-state index contributed by atoms with van der Waals surface area (Å²) in [5, 5.41) is 19.8. The lowest BCUT2D eigenvalue weighted by molar-refractivity contribution is -0.209. The first-order valence-corrected chi connectivity index (χ1v) is 7.74. The molecule has 0 radical (unpaired) electrons. The summed E-state index contributed by atoms with van der Waals surface area (Å²) >= 11 is 0. The third kappa shape index (κ3) is 7.55. The van der Waals surface area contributed by atoms with Crippen LogP contribution in [-0.2, 0) is 14.2 Å². The summed E-state index contributed by atoms with van der Waals surface area (Å²) in [6.07, 6.45) is 1.50. The van der Waals surface area contributed by atoms with Crippen molar-refractivity contribution in [3.63, 3.8) is 0 Å². The molecule has 0 aromatic rings. The smallest absolute Gasteiger partial charge is 0.183 e. The molecule has 0 rings (SSSR count). The lowest BCUT2D eigenvalue weighted by Gasteiger charge is -2.32. The van der Waals surface area contributed by atoms with Gasteiger partial charge in [0.05, 0.1) is 6.10 Å². The molecule has 5 heteroatoms. The van der Waals surface area contributed by atoms with Crippen LogP contribution in [0.2, 0.25) is 0 Å². The molecule has 0 saturated carbocycles. The second kappa shape index (κ2) is 12.5. The monoisotopic (exact) mass is 292 g/mol. The minimum Gasteiger partial charge on any atom is -0.385 e. The molecule has 0 heterocycles. The maximum absolute atomic E-state index is 10.2. The van der Waals surface area contributed by atoms with Gasteiger partial charge in [0.25, 0.3) is 0 Å². The highest BCUT2D eigenvalue weighted by Crippen LogP contribution is 2.17. The highest BCUT2D eigenvalue weighted by atomic mass is 16.6. The fraction of sp³-hybridized carbons (Fsp3) is 1.00. The van der Waals surface area contributed by atoms with E-state index in [1.807, 2.05) is 6.92 Å². The van der Waals surface area contributed by atoms with E-state index in [4.69, 9.17) is 14.2 Å². The number of aliphatic hydroxyl groups excluding tert-OH is 2. The Bertz CT molecular complexity index is 212. The van der Waals surface area contributed by atoms with Gasteiger partial charge in [-0.2, -0.15) is 0 Å². The largest absolute Gasteiger partial charge is 0.385 e. The number of rotatable bonds is 13. The average molecular weight is 292 g/mol. The SMILES string of the molecule is CCCCOC(C(O)[C@@H](O)OC)[C@H](CC)OCCCC. The van der Waals surface area contributed by atoms with Gasteiger partial charge in [0.2, 0.25) is 0 Å². The average Bonchev–Trinajstić information content (AvgIpc) is 2.47. The number of hydrogen-bond acceptors (Lipinski definition) is 5. The Balaban J connectivity index is 4.58. The summed E-state index contributed by atoms with van der Waals surface area (Å²) in [5.74, 6) is 0. The number of hydrogen-bond donors (Lipinski definition) is 2. The fourth-order valence-corrected chi connectivity index (χ4v) is 1.92. The van der Waals surface area contributed by atoms with E-state index in [0.717, 1.165) is 25.7 Å². The van der Waals surface area contributed by atoms with Crippen LogP contribution in [0.15, 0.2) is 0 Å². The van der Waals surface area contributed by atoms with Gasteiger partial charge in [-0.25, -0.2) is 0 Å². The van der Waals surface area contributed by atoms with Gasteiger partial charge in [-0.3, -0.25) is 0 Å². The Morgan fingerprint density at radius 2 is 1.45 bits per heavy atom. The quantitative estimate of drug-likeness (QED) is 0.402. The minimum atomic E-state index is -1.26. The van der Waals surface area contributed by atoms with E-state index in [9.17, 15) is 10.2 Å². The molecule has 2 N–H and O–H groups in total. The van der Waals surface area contributed by atoms with E-state index in [0.29, 0.717) is 19.6 Å². The predicted octanol–water partition coefficient (Wildman–Crippen LogP) is 2.09. The first kappa shape index (κ1) is 19.8. The van der Waals surface area contributed by atoms with Gasteiger partial charge in [0.1, 0.15) is 12.2 Å². The Morgan fingerprint density at radius 1 is 0.900 bits per heavy atom. The molecule has 122 valence electrons. The molecule has 0 aromatic carbocycles. The van der Waals surface area contributed by atoms with Gasteiger partial charge < -0.3 is 24.4 Å². The molecular weight excluding hydrogens is 260 g/mol. The maximum Gasteiger partial charge on any atom is 0.183 e. The molecule has 0 saturated heterocycles. The van der Waals surface area contributed by atoms with E-state index in [1.165, 1.54) is 7.11 Å². The van der Waals surface area contributed by atoms with E-state index >= 15 is 0 Å². The van der Waals surface area contributed by atoms with Crippen molar-refractivity contribution in [2.45, 2.75) is 77.5 Å². The van der Waals surface area contributed by atoms with Crippen LogP contribution in [0.1, 0.15) is 52.9 Å². The standard InChI is InChI=1S/C15H32O5/c1-5-8-10-19-12(7-3)14(20-11-9-6-2)13(16)15(17)18-4/h12-17H,5-11H2,1-4H3/t12-,13?,14?,15-/m0/s1. The predicted molar refractivity (Wildman–Crippen MR) is 78.6 cm³/mol. The molecule has 0 bridgehead atoms. The second-order valence-corrected chi connectivity index (χ2v) is 4.98. The van der Waals surface area contributed by atoms with Crippen molar-refractivity contribution in [1.29, 1.82) is 0 Å². The third-order valence-electron chi connectivity index (χ3n) is 3.28. The van der Waals surface area contributed by atoms with Crippen LogP contribution in [0.5, 0.6) is 0 Å². The molecule has 5 nitrogen and oxygen atoms in total. The van der Waals surface area contributed by atoms with E-state index < -0.39 is 18.5 Å². The highest BCUT2D eigenvalue weighted by molar-refractivity contribution is 4.80. The Morgan fingerprint density at radius 3 is 1.90 bits per heavy atom. The third-order valence-corrected chi connectivity index (χ3v) is 3.28. The van der Waals surface area contributed by atoms with Crippen LogP contribution in [0, 0.1) is 0 Å². The van der Waals surface area contributed by atoms with Gasteiger partial charge in [-0.05, 0) is 19.3 Å². The van der Waals surface area contributed by atoms with Crippen molar-refractivity contribution in [2.75, 3.05) is 20.3 Å². The van der Waals surface area contributed by atoms with Gasteiger partial charge >= 0.3 is 0 Å². The highest BCUT2D eigenvalue weighted by Gasteiger charge is 2.33. The maximum atomic E-state index is 10.2. The van der Waals surface area contributed by atoms with Gasteiger partial charge in [-0.15, -0.1) is 0 Å². The van der Waals surface area contributed by atoms with Crippen molar-refractivity contribution >= 4 is 0 Å². The topological polar surface area (TPSA) is 68.2 Å². The molecule has 0 aromatic heterocycles. The number of methoxy groups -OCH3 is 1. The Kier molecular flexibility index (Phi) is 12.4. The number of unbranched alkanes of at least 4 members (excludes halogenated alkanes) is 2. The van der Waals surface area contributed by atoms with Gasteiger partial charge in [0, 0.05) is 20.3 Å². The second-order valence-electron chi connectivity index (χ2n) is 4.98. The lowest BCUT2D eigenvalue weighted by atomic mass is 10.0. The molecule has 2 unspecified atom stereocenters. The molecule has 0 aliphatic carbocycles. The first-order chi connectivity index (χ1) is 9.62. The van der Waals surface area contributed by atoms with Crippen LogP contribution in [0.4, 0.5) is 0 Å². The van der Waals surface area contributed by atoms with E-state index in [2.05, 4.69) is 13.8 Å². The minimum absolute atomic E-state index is 0.238. The fourth-order valence-electron chi connectivity index (χ4n) is 1.92. The van der Waals surface area contributed by atoms with Crippen LogP contribution < -0.4 is 0 Å². The number of ether oxygens (including phenoxy) is 3. The zero-order chi connectivity index (χ0) is 15.4. The molecule has 4 atom stereocenters. The Hall–Kier alpha value is -0.200. The summed E-state index contributed by atoms with van der Waals surface area (Å²) in [5.41, 5.74) is 0. The van der Waals surface area contributed by atoms with Crippen LogP contribution in [-0.4, -0.2) is 55.1 Å². The Labute approximate surface area is 123 Å². The zero-order valence-electron chi connectivity index (χ0n) is 13.4. The molecule has 0 fully saturated rings. The van der Waals surface area contributed by atoms with Crippen molar-refractivity contribution in [2.24, 2.45) is 0 Å². The van der Waals surface area contributed by atoms with Crippen LogP contribution in [0.3, 0.4) is 0 Å². The van der Waals surface area contributed by atoms with Crippen molar-refractivity contribution in [3.8, 4) is 0 Å².